The highest BCUT2D eigenvalue weighted by atomic mass is 35.5. The Morgan fingerprint density at radius 1 is 1.25 bits per heavy atom. The smallest absolute Gasteiger partial charge is 0.238 e. The van der Waals surface area contributed by atoms with Crippen molar-refractivity contribution in [2.45, 2.75) is 11.8 Å². The summed E-state index contributed by atoms with van der Waals surface area (Å²) < 4.78 is 27.3. The van der Waals surface area contributed by atoms with Gasteiger partial charge in [0.1, 0.15) is 10.7 Å². The van der Waals surface area contributed by atoms with E-state index in [0.717, 1.165) is 11.5 Å². The van der Waals surface area contributed by atoms with E-state index in [1.54, 1.807) is 0 Å². The molecule has 4 N–H and O–H groups in total. The number of sulfonamides is 1. The van der Waals surface area contributed by atoms with Crippen LogP contribution in [0.15, 0.2) is 39.4 Å². The minimum atomic E-state index is -3.89. The molecule has 9 nitrogen and oxygen atoms in total. The number of hydrogen-bond donors (Lipinski definition) is 3. The van der Waals surface area contributed by atoms with Gasteiger partial charge < -0.3 is 10.4 Å². The Morgan fingerprint density at radius 2 is 1.96 bits per heavy atom. The van der Waals surface area contributed by atoms with Gasteiger partial charge in [0, 0.05) is 12.3 Å². The molecule has 1 heterocycles. The van der Waals surface area contributed by atoms with Gasteiger partial charge in [0.15, 0.2) is 10.8 Å². The van der Waals surface area contributed by atoms with E-state index >= 15 is 0 Å². The first-order chi connectivity index (χ1) is 13.1. The van der Waals surface area contributed by atoms with Crippen molar-refractivity contribution in [2.24, 2.45) is 15.4 Å². The Bertz CT molecular complexity index is 1240. The summed E-state index contributed by atoms with van der Waals surface area (Å²) in [5, 5.41) is 26.0. The van der Waals surface area contributed by atoms with Crippen molar-refractivity contribution < 1.29 is 18.3 Å². The minimum Gasteiger partial charge on any atom is -0.504 e. The molecule has 0 saturated heterocycles. The Labute approximate surface area is 173 Å². The first-order valence-corrected chi connectivity index (χ1v) is 10.5. The molecular weight excluding hydrogens is 449 g/mol. The summed E-state index contributed by atoms with van der Waals surface area (Å²) in [6.07, 6.45) is 0. The molecule has 1 amide bonds. The number of azo groups is 1. The van der Waals surface area contributed by atoms with E-state index in [1.807, 2.05) is 0 Å². The molecule has 13 heteroatoms. The molecule has 28 heavy (non-hydrogen) atoms. The number of carbonyl (C=O) groups is 1. The van der Waals surface area contributed by atoms with E-state index < -0.39 is 21.7 Å². The van der Waals surface area contributed by atoms with Crippen molar-refractivity contribution >= 4 is 77.9 Å². The largest absolute Gasteiger partial charge is 0.504 e. The zero-order chi connectivity index (χ0) is 20.6. The van der Waals surface area contributed by atoms with E-state index in [2.05, 4.69) is 19.9 Å². The second kappa shape index (κ2) is 7.60. The minimum absolute atomic E-state index is 0.0153. The molecule has 146 valence electrons. The number of amides is 1. The summed E-state index contributed by atoms with van der Waals surface area (Å²) in [6.45, 7) is 1.26. The molecule has 0 aliphatic rings. The number of nitrogens with two attached hydrogens (primary N) is 1. The van der Waals surface area contributed by atoms with E-state index in [9.17, 15) is 18.3 Å². The number of aromatic hydroxyl groups is 1. The maximum Gasteiger partial charge on any atom is 0.238 e. The molecule has 3 aromatic rings. The highest BCUT2D eigenvalue weighted by Crippen LogP contribution is 2.44. The van der Waals surface area contributed by atoms with E-state index in [-0.39, 0.29) is 26.3 Å². The number of benzene rings is 2. The molecule has 0 aliphatic carbocycles. The third kappa shape index (κ3) is 4.08. The number of aromatic nitrogens is 1. The lowest BCUT2D eigenvalue weighted by Gasteiger charge is -2.09. The standard InChI is InChI=1S/C15H11Cl2N5O4S2/c1-6(23)19-11-5-10(12(16)13(17)14(11)24)20-21-15-8-4-7(28(18,25)26)2-3-9(8)22-27-15/h2-5,24H,1H3,(H,19,23)(H2,18,25,26). The summed E-state index contributed by atoms with van der Waals surface area (Å²) >= 11 is 13.0. The molecule has 1 aromatic heterocycles. The van der Waals surface area contributed by atoms with Crippen molar-refractivity contribution in [3.8, 4) is 5.75 Å². The van der Waals surface area contributed by atoms with Gasteiger partial charge in [-0.1, -0.05) is 23.2 Å². The number of carbonyl (C=O) groups excluding carboxylic acids is 1. The summed E-state index contributed by atoms with van der Waals surface area (Å²) in [4.78, 5) is 11.2. The summed E-state index contributed by atoms with van der Waals surface area (Å²) in [7, 11) is -3.89. The van der Waals surface area contributed by atoms with Gasteiger partial charge in [-0.25, -0.2) is 13.6 Å². The molecule has 0 aliphatic heterocycles. The van der Waals surface area contributed by atoms with Crippen LogP contribution < -0.4 is 10.5 Å². The van der Waals surface area contributed by atoms with Crippen molar-refractivity contribution in [3.63, 3.8) is 0 Å². The fraction of sp³-hybridized carbons (Fsp3) is 0.0667. The fourth-order valence-electron chi connectivity index (χ4n) is 2.22. The van der Waals surface area contributed by atoms with Gasteiger partial charge >= 0.3 is 0 Å². The van der Waals surface area contributed by atoms with Crippen LogP contribution in [0.25, 0.3) is 10.9 Å². The second-order valence-corrected chi connectivity index (χ2v) is 8.58. The average Bonchev–Trinajstić information content (AvgIpc) is 3.02. The van der Waals surface area contributed by atoms with E-state index in [1.165, 1.54) is 31.2 Å². The molecular formula is C15H11Cl2N5O4S2. The van der Waals surface area contributed by atoms with Gasteiger partial charge in [-0.2, -0.15) is 4.37 Å². The number of halogens is 2. The Morgan fingerprint density at radius 3 is 2.61 bits per heavy atom. The lowest BCUT2D eigenvalue weighted by molar-refractivity contribution is -0.114. The zero-order valence-corrected chi connectivity index (χ0v) is 17.1. The molecule has 0 bridgehead atoms. The third-order valence-electron chi connectivity index (χ3n) is 3.48. The number of phenolic OH excluding ortho intramolecular Hbond substituents is 1. The fourth-order valence-corrected chi connectivity index (χ4v) is 3.82. The first kappa shape index (κ1) is 20.4. The number of nitrogens with zero attached hydrogens (tertiary/aromatic N) is 3. The molecule has 3 rings (SSSR count). The van der Waals surface area contributed by atoms with Gasteiger partial charge in [-0.15, -0.1) is 10.2 Å². The maximum absolute atomic E-state index is 11.5. The van der Waals surface area contributed by atoms with Crippen LogP contribution in [0.2, 0.25) is 10.0 Å². The van der Waals surface area contributed by atoms with E-state index in [4.69, 9.17) is 28.3 Å². The van der Waals surface area contributed by atoms with Crippen LogP contribution in [-0.2, 0) is 14.8 Å². The number of fused-ring (bicyclic) bond motifs is 1. The Balaban J connectivity index is 2.07. The molecule has 0 unspecified atom stereocenters. The number of hydrogen-bond acceptors (Lipinski definition) is 8. The topological polar surface area (TPSA) is 147 Å². The zero-order valence-electron chi connectivity index (χ0n) is 14.0. The van der Waals surface area contributed by atoms with E-state index in [0.29, 0.717) is 15.9 Å². The average molecular weight is 460 g/mol. The van der Waals surface area contributed by atoms with Crippen molar-refractivity contribution in [2.75, 3.05) is 5.32 Å². The third-order valence-corrected chi connectivity index (χ3v) is 6.00. The maximum atomic E-state index is 11.5. The van der Waals surface area contributed by atoms with Crippen molar-refractivity contribution in [3.05, 3.63) is 34.3 Å². The predicted octanol–water partition coefficient (Wildman–Crippen LogP) is 4.33. The van der Waals surface area contributed by atoms with Crippen LogP contribution in [0, 0.1) is 0 Å². The lowest BCUT2D eigenvalue weighted by atomic mass is 10.2. The normalized spacial score (nSPS) is 12.0. The number of anilines is 1. The molecule has 0 saturated carbocycles. The van der Waals surface area contributed by atoms with Gasteiger partial charge in [0.25, 0.3) is 0 Å². The number of phenols is 1. The van der Waals surface area contributed by atoms with Crippen LogP contribution in [0.4, 0.5) is 16.4 Å². The SMILES string of the molecule is CC(=O)Nc1cc(N=Nc2snc3ccc(S(N)(=O)=O)cc23)c(Cl)c(Cl)c1O. The van der Waals surface area contributed by atoms with Crippen molar-refractivity contribution in [1.82, 2.24) is 4.37 Å². The number of primary sulfonamides is 1. The van der Waals surface area contributed by atoms with Gasteiger partial charge in [0.2, 0.25) is 15.9 Å². The van der Waals surface area contributed by atoms with Crippen LogP contribution in [0.1, 0.15) is 6.92 Å². The second-order valence-electron chi connectivity index (χ2n) is 5.51. The van der Waals surface area contributed by atoms with Crippen LogP contribution >= 0.6 is 34.7 Å². The van der Waals surface area contributed by atoms with Crippen LogP contribution in [0.5, 0.6) is 5.75 Å². The number of nitrogens with one attached hydrogen (secondary N) is 1. The highest BCUT2D eigenvalue weighted by Gasteiger charge is 2.17. The van der Waals surface area contributed by atoms with Gasteiger partial charge in [-0.05, 0) is 35.8 Å². The van der Waals surface area contributed by atoms with Crippen molar-refractivity contribution in [1.29, 1.82) is 0 Å². The summed E-state index contributed by atoms with van der Waals surface area (Å²) in [5.74, 6) is -0.831. The monoisotopic (exact) mass is 459 g/mol. The molecule has 0 fully saturated rings. The summed E-state index contributed by atoms with van der Waals surface area (Å²) in [5.41, 5.74) is 0.610. The highest BCUT2D eigenvalue weighted by molar-refractivity contribution is 7.89. The molecule has 0 atom stereocenters. The Kier molecular flexibility index (Phi) is 5.55. The van der Waals surface area contributed by atoms with Crippen LogP contribution in [-0.4, -0.2) is 23.8 Å². The first-order valence-electron chi connectivity index (χ1n) is 7.40. The van der Waals surface area contributed by atoms with Crippen LogP contribution in [0.3, 0.4) is 0 Å². The molecule has 0 spiro atoms. The van der Waals surface area contributed by atoms with Gasteiger partial charge in [-0.3, -0.25) is 4.79 Å². The molecule has 2 aromatic carbocycles. The number of rotatable bonds is 4. The van der Waals surface area contributed by atoms with Gasteiger partial charge in [0.05, 0.1) is 21.1 Å². The predicted molar refractivity (Wildman–Crippen MR) is 108 cm³/mol. The molecule has 0 radical (unpaired) electrons. The summed E-state index contributed by atoms with van der Waals surface area (Å²) in [6, 6.07) is 5.49. The Hall–Kier alpha value is -2.31. The lowest BCUT2D eigenvalue weighted by Crippen LogP contribution is -2.11. The quantitative estimate of drug-likeness (QED) is 0.392.